The van der Waals surface area contributed by atoms with Crippen LogP contribution in [0, 0.1) is 23.6 Å². The normalized spacial score (nSPS) is 20.8. The SMILES string of the molecule is OC(CNCC(C1CC1)C1CC1)c1ccc(F)cc1. The van der Waals surface area contributed by atoms with E-state index in [9.17, 15) is 9.50 Å². The van der Waals surface area contributed by atoms with Gasteiger partial charge in [0, 0.05) is 6.54 Å². The topological polar surface area (TPSA) is 32.3 Å². The van der Waals surface area contributed by atoms with Crippen LogP contribution >= 0.6 is 0 Å². The Bertz CT molecular complexity index is 399. The van der Waals surface area contributed by atoms with Gasteiger partial charge in [-0.25, -0.2) is 4.39 Å². The maximum atomic E-state index is 12.8. The lowest BCUT2D eigenvalue weighted by Gasteiger charge is -2.18. The average Bonchev–Trinajstić information content (AvgIpc) is 3.28. The third kappa shape index (κ3) is 3.54. The molecule has 104 valence electrons. The third-order valence-corrected chi connectivity index (χ3v) is 4.43. The zero-order chi connectivity index (χ0) is 13.2. The fraction of sp³-hybridized carbons (Fsp3) is 0.625. The second-order valence-electron chi connectivity index (χ2n) is 6.06. The highest BCUT2D eigenvalue weighted by molar-refractivity contribution is 5.18. The van der Waals surface area contributed by atoms with Gasteiger partial charge >= 0.3 is 0 Å². The van der Waals surface area contributed by atoms with Gasteiger partial charge in [-0.2, -0.15) is 0 Å². The molecule has 19 heavy (non-hydrogen) atoms. The molecule has 2 aliphatic rings. The van der Waals surface area contributed by atoms with Gasteiger partial charge in [0.2, 0.25) is 0 Å². The summed E-state index contributed by atoms with van der Waals surface area (Å²) in [5, 5.41) is 13.4. The summed E-state index contributed by atoms with van der Waals surface area (Å²) in [5.74, 6) is 2.43. The minimum absolute atomic E-state index is 0.258. The number of hydrogen-bond donors (Lipinski definition) is 2. The molecular formula is C16H22FNO. The molecule has 2 N–H and O–H groups in total. The third-order valence-electron chi connectivity index (χ3n) is 4.43. The Hall–Kier alpha value is -0.930. The highest BCUT2D eigenvalue weighted by Crippen LogP contribution is 2.48. The standard InChI is InChI=1S/C16H22FNO/c17-14-7-5-13(6-8-14)16(19)10-18-9-15(11-1-2-11)12-3-4-12/h5-8,11-12,15-16,18-19H,1-4,9-10H2. The van der Waals surface area contributed by atoms with E-state index in [1.165, 1.54) is 37.8 Å². The summed E-state index contributed by atoms with van der Waals surface area (Å²) in [5.41, 5.74) is 0.781. The van der Waals surface area contributed by atoms with Gasteiger partial charge in [-0.05, 0) is 67.7 Å². The van der Waals surface area contributed by atoms with Crippen LogP contribution in [0.4, 0.5) is 4.39 Å². The van der Waals surface area contributed by atoms with Gasteiger partial charge in [-0.15, -0.1) is 0 Å². The number of hydrogen-bond acceptors (Lipinski definition) is 2. The van der Waals surface area contributed by atoms with Crippen molar-refractivity contribution in [2.75, 3.05) is 13.1 Å². The Kier molecular flexibility index (Phi) is 3.85. The van der Waals surface area contributed by atoms with Crippen molar-refractivity contribution in [3.8, 4) is 0 Å². The van der Waals surface area contributed by atoms with Gasteiger partial charge in [0.05, 0.1) is 6.10 Å². The molecule has 3 heteroatoms. The monoisotopic (exact) mass is 263 g/mol. The largest absolute Gasteiger partial charge is 0.387 e. The van der Waals surface area contributed by atoms with Crippen molar-refractivity contribution >= 4 is 0 Å². The van der Waals surface area contributed by atoms with E-state index in [0.717, 1.165) is 29.9 Å². The van der Waals surface area contributed by atoms with Crippen molar-refractivity contribution in [3.05, 3.63) is 35.6 Å². The van der Waals surface area contributed by atoms with Crippen molar-refractivity contribution in [2.45, 2.75) is 31.8 Å². The first kappa shape index (κ1) is 13.1. The molecule has 0 saturated heterocycles. The molecule has 0 spiro atoms. The van der Waals surface area contributed by atoms with E-state index in [2.05, 4.69) is 5.32 Å². The maximum Gasteiger partial charge on any atom is 0.123 e. The van der Waals surface area contributed by atoms with Crippen LogP contribution in [0.5, 0.6) is 0 Å². The first-order valence-electron chi connectivity index (χ1n) is 7.38. The molecule has 1 unspecified atom stereocenters. The van der Waals surface area contributed by atoms with Gasteiger partial charge in [-0.3, -0.25) is 0 Å². The van der Waals surface area contributed by atoms with E-state index >= 15 is 0 Å². The second-order valence-corrected chi connectivity index (χ2v) is 6.06. The molecule has 2 aliphatic carbocycles. The van der Waals surface area contributed by atoms with Gasteiger partial charge in [0.15, 0.2) is 0 Å². The molecule has 1 aromatic carbocycles. The van der Waals surface area contributed by atoms with Gasteiger partial charge in [0.25, 0.3) is 0 Å². The molecule has 2 nitrogen and oxygen atoms in total. The summed E-state index contributed by atoms with van der Waals surface area (Å²) in [6.45, 7) is 1.58. The highest BCUT2D eigenvalue weighted by atomic mass is 19.1. The van der Waals surface area contributed by atoms with Crippen LogP contribution in [0.25, 0.3) is 0 Å². The van der Waals surface area contributed by atoms with E-state index in [1.54, 1.807) is 12.1 Å². The predicted molar refractivity (Wildman–Crippen MR) is 73.2 cm³/mol. The van der Waals surface area contributed by atoms with Gasteiger partial charge in [-0.1, -0.05) is 12.1 Å². The number of halogens is 1. The number of aliphatic hydroxyl groups excluding tert-OH is 1. The summed E-state index contributed by atoms with van der Waals surface area (Å²) in [4.78, 5) is 0. The van der Waals surface area contributed by atoms with Gasteiger partial charge in [0.1, 0.15) is 5.82 Å². The number of aliphatic hydroxyl groups is 1. The molecule has 0 aliphatic heterocycles. The number of nitrogens with one attached hydrogen (secondary N) is 1. The minimum Gasteiger partial charge on any atom is -0.387 e. The van der Waals surface area contributed by atoms with Crippen molar-refractivity contribution in [3.63, 3.8) is 0 Å². The van der Waals surface area contributed by atoms with E-state index in [0.29, 0.717) is 6.54 Å². The molecule has 0 heterocycles. The molecule has 0 radical (unpaired) electrons. The lowest BCUT2D eigenvalue weighted by Crippen LogP contribution is -2.29. The van der Waals surface area contributed by atoms with Crippen molar-refractivity contribution in [1.82, 2.24) is 5.32 Å². The van der Waals surface area contributed by atoms with Gasteiger partial charge < -0.3 is 10.4 Å². The molecule has 1 aromatic rings. The second kappa shape index (κ2) is 5.59. The summed E-state index contributed by atoms with van der Waals surface area (Å²) in [6, 6.07) is 6.10. The van der Waals surface area contributed by atoms with E-state index < -0.39 is 6.10 Å². The summed E-state index contributed by atoms with van der Waals surface area (Å²) in [6.07, 6.45) is 5.03. The number of benzene rings is 1. The molecule has 0 aromatic heterocycles. The lowest BCUT2D eigenvalue weighted by atomic mass is 9.98. The fourth-order valence-corrected chi connectivity index (χ4v) is 2.96. The lowest BCUT2D eigenvalue weighted by molar-refractivity contribution is 0.171. The van der Waals surface area contributed by atoms with Crippen LogP contribution in [-0.4, -0.2) is 18.2 Å². The molecule has 3 rings (SSSR count). The van der Waals surface area contributed by atoms with E-state index in [4.69, 9.17) is 0 Å². The highest BCUT2D eigenvalue weighted by Gasteiger charge is 2.40. The van der Waals surface area contributed by atoms with Crippen molar-refractivity contribution in [2.24, 2.45) is 17.8 Å². The molecule has 2 fully saturated rings. The van der Waals surface area contributed by atoms with Crippen LogP contribution in [0.2, 0.25) is 0 Å². The Morgan fingerprint density at radius 3 is 2.16 bits per heavy atom. The first-order chi connectivity index (χ1) is 9.24. The molecule has 2 saturated carbocycles. The van der Waals surface area contributed by atoms with E-state index in [-0.39, 0.29) is 5.82 Å². The fourth-order valence-electron chi connectivity index (χ4n) is 2.96. The van der Waals surface area contributed by atoms with Crippen molar-refractivity contribution < 1.29 is 9.50 Å². The van der Waals surface area contributed by atoms with Crippen molar-refractivity contribution in [1.29, 1.82) is 0 Å². The van der Waals surface area contributed by atoms with E-state index in [1.807, 2.05) is 0 Å². The Morgan fingerprint density at radius 2 is 1.63 bits per heavy atom. The summed E-state index contributed by atoms with van der Waals surface area (Å²) >= 11 is 0. The Balaban J connectivity index is 1.44. The molecule has 1 atom stereocenters. The first-order valence-corrected chi connectivity index (χ1v) is 7.38. The van der Waals surface area contributed by atoms with Crippen LogP contribution < -0.4 is 5.32 Å². The summed E-state index contributed by atoms with van der Waals surface area (Å²) < 4.78 is 12.8. The smallest absolute Gasteiger partial charge is 0.123 e. The zero-order valence-corrected chi connectivity index (χ0v) is 11.2. The van der Waals surface area contributed by atoms with Crippen LogP contribution in [0.1, 0.15) is 37.4 Å². The zero-order valence-electron chi connectivity index (χ0n) is 11.2. The Morgan fingerprint density at radius 1 is 1.05 bits per heavy atom. The molecular weight excluding hydrogens is 241 g/mol. The molecule has 0 amide bonds. The average molecular weight is 263 g/mol. The summed E-state index contributed by atoms with van der Waals surface area (Å²) in [7, 11) is 0. The maximum absolute atomic E-state index is 12.8. The quantitative estimate of drug-likeness (QED) is 0.793. The predicted octanol–water partition coefficient (Wildman–Crippen LogP) is 2.88. The Labute approximate surface area is 114 Å². The molecule has 0 bridgehead atoms. The minimum atomic E-state index is -0.542. The van der Waals surface area contributed by atoms with Crippen LogP contribution in [-0.2, 0) is 0 Å². The van der Waals surface area contributed by atoms with Crippen LogP contribution in [0.15, 0.2) is 24.3 Å². The van der Waals surface area contributed by atoms with Crippen LogP contribution in [0.3, 0.4) is 0 Å². The number of rotatable bonds is 7.